The van der Waals surface area contributed by atoms with E-state index >= 15 is 0 Å². The molecule has 1 atom stereocenters. The number of benzene rings is 2. The van der Waals surface area contributed by atoms with Gasteiger partial charge in [-0.1, -0.05) is 12.1 Å². The van der Waals surface area contributed by atoms with Crippen LogP contribution in [0.2, 0.25) is 0 Å². The van der Waals surface area contributed by atoms with E-state index in [2.05, 4.69) is 16.0 Å². The lowest BCUT2D eigenvalue weighted by Gasteiger charge is -2.27. The molecule has 0 saturated carbocycles. The van der Waals surface area contributed by atoms with Crippen molar-refractivity contribution in [1.29, 1.82) is 0 Å². The molecule has 0 fully saturated rings. The standard InChI is InChI=1S/C18H18N4O4/c1-10-7-13-14(8-11(10)2)21-18(24)15(19-13)9-17(23)20-12-5-3-4-6-16(12)22(25)26/h3-8,15,19H,9H2,1-2H3,(H,20,23)(H,21,24)/t15-/m0/s1. The summed E-state index contributed by atoms with van der Waals surface area (Å²) in [5.74, 6) is -0.808. The lowest BCUT2D eigenvalue weighted by atomic mass is 10.0. The summed E-state index contributed by atoms with van der Waals surface area (Å²) < 4.78 is 0. The summed E-state index contributed by atoms with van der Waals surface area (Å²) in [4.78, 5) is 35.0. The smallest absolute Gasteiger partial charge is 0.292 e. The van der Waals surface area contributed by atoms with E-state index in [0.29, 0.717) is 5.69 Å². The largest absolute Gasteiger partial charge is 0.372 e. The summed E-state index contributed by atoms with van der Waals surface area (Å²) in [6.45, 7) is 3.91. The number of carbonyl (C=O) groups is 2. The first kappa shape index (κ1) is 17.4. The number of para-hydroxylation sites is 2. The van der Waals surface area contributed by atoms with E-state index in [-0.39, 0.29) is 23.7 Å². The molecule has 2 aromatic carbocycles. The first-order chi connectivity index (χ1) is 12.3. The fourth-order valence-corrected chi connectivity index (χ4v) is 2.78. The van der Waals surface area contributed by atoms with Crippen molar-refractivity contribution in [3.63, 3.8) is 0 Å². The van der Waals surface area contributed by atoms with Gasteiger partial charge in [-0.2, -0.15) is 0 Å². The Morgan fingerprint density at radius 2 is 1.85 bits per heavy atom. The Morgan fingerprint density at radius 1 is 1.19 bits per heavy atom. The second-order valence-corrected chi connectivity index (χ2v) is 6.19. The Kier molecular flexibility index (Phi) is 4.57. The second-order valence-electron chi connectivity index (χ2n) is 6.19. The van der Waals surface area contributed by atoms with Crippen LogP contribution in [-0.4, -0.2) is 22.8 Å². The van der Waals surface area contributed by atoms with Gasteiger partial charge in [-0.3, -0.25) is 19.7 Å². The molecule has 0 aliphatic carbocycles. The number of anilines is 3. The molecular weight excluding hydrogens is 336 g/mol. The van der Waals surface area contributed by atoms with Gasteiger partial charge in [-0.05, 0) is 43.2 Å². The lowest BCUT2D eigenvalue weighted by Crippen LogP contribution is -2.41. The minimum Gasteiger partial charge on any atom is -0.372 e. The maximum Gasteiger partial charge on any atom is 0.292 e. The number of amides is 2. The van der Waals surface area contributed by atoms with E-state index in [1.54, 1.807) is 6.07 Å². The number of aryl methyl sites for hydroxylation is 2. The average Bonchev–Trinajstić information content (AvgIpc) is 2.58. The van der Waals surface area contributed by atoms with E-state index in [0.717, 1.165) is 16.8 Å². The molecule has 0 bridgehead atoms. The first-order valence-corrected chi connectivity index (χ1v) is 8.07. The van der Waals surface area contributed by atoms with Gasteiger partial charge in [0.25, 0.3) is 5.69 Å². The Morgan fingerprint density at radius 3 is 2.54 bits per heavy atom. The fourth-order valence-electron chi connectivity index (χ4n) is 2.78. The topological polar surface area (TPSA) is 113 Å². The van der Waals surface area contributed by atoms with Crippen molar-refractivity contribution < 1.29 is 14.5 Å². The maximum atomic E-state index is 12.3. The quantitative estimate of drug-likeness (QED) is 0.577. The third-order valence-electron chi connectivity index (χ3n) is 4.30. The summed E-state index contributed by atoms with van der Waals surface area (Å²) >= 11 is 0. The van der Waals surface area contributed by atoms with Crippen molar-refractivity contribution in [2.24, 2.45) is 0 Å². The van der Waals surface area contributed by atoms with Crippen LogP contribution in [0.15, 0.2) is 36.4 Å². The number of rotatable bonds is 4. The van der Waals surface area contributed by atoms with Crippen LogP contribution in [-0.2, 0) is 9.59 Å². The average molecular weight is 354 g/mol. The molecule has 134 valence electrons. The number of nitrogens with zero attached hydrogens (tertiary/aromatic N) is 1. The molecule has 0 saturated heterocycles. The first-order valence-electron chi connectivity index (χ1n) is 8.07. The van der Waals surface area contributed by atoms with Crippen molar-refractivity contribution in [3.05, 3.63) is 57.6 Å². The van der Waals surface area contributed by atoms with Crippen molar-refractivity contribution in [2.75, 3.05) is 16.0 Å². The second kappa shape index (κ2) is 6.83. The highest BCUT2D eigenvalue weighted by molar-refractivity contribution is 6.06. The van der Waals surface area contributed by atoms with Gasteiger partial charge >= 0.3 is 0 Å². The van der Waals surface area contributed by atoms with Gasteiger partial charge in [0.15, 0.2) is 0 Å². The summed E-state index contributed by atoms with van der Waals surface area (Å²) in [7, 11) is 0. The SMILES string of the molecule is Cc1cc2c(cc1C)N[C@@H](CC(=O)Nc1ccccc1[N+](=O)[O-])C(=O)N2. The van der Waals surface area contributed by atoms with E-state index in [1.165, 1.54) is 18.2 Å². The van der Waals surface area contributed by atoms with Crippen LogP contribution in [0.25, 0.3) is 0 Å². The number of hydrogen-bond acceptors (Lipinski definition) is 5. The Labute approximate surface area is 149 Å². The van der Waals surface area contributed by atoms with Gasteiger partial charge < -0.3 is 16.0 Å². The predicted octanol–water partition coefficient (Wildman–Crippen LogP) is 2.97. The van der Waals surface area contributed by atoms with Crippen molar-refractivity contribution in [1.82, 2.24) is 0 Å². The van der Waals surface area contributed by atoms with Gasteiger partial charge in [-0.15, -0.1) is 0 Å². The maximum absolute atomic E-state index is 12.3. The van der Waals surface area contributed by atoms with Crippen LogP contribution >= 0.6 is 0 Å². The molecule has 3 N–H and O–H groups in total. The number of carbonyl (C=O) groups excluding carboxylic acids is 2. The van der Waals surface area contributed by atoms with Crippen LogP contribution in [0.5, 0.6) is 0 Å². The zero-order chi connectivity index (χ0) is 18.8. The van der Waals surface area contributed by atoms with Crippen molar-refractivity contribution in [3.8, 4) is 0 Å². The van der Waals surface area contributed by atoms with Gasteiger partial charge in [0.05, 0.1) is 22.7 Å². The molecule has 0 aromatic heterocycles. The minimum absolute atomic E-state index is 0.102. The number of nitrogens with one attached hydrogen (secondary N) is 3. The molecule has 8 nitrogen and oxygen atoms in total. The van der Waals surface area contributed by atoms with E-state index < -0.39 is 16.9 Å². The molecule has 26 heavy (non-hydrogen) atoms. The van der Waals surface area contributed by atoms with Gasteiger partial charge in [0.1, 0.15) is 11.7 Å². The summed E-state index contributed by atoms with van der Waals surface area (Å²) in [6.07, 6.45) is -0.149. The van der Waals surface area contributed by atoms with E-state index in [9.17, 15) is 19.7 Å². The van der Waals surface area contributed by atoms with Crippen LogP contribution in [0.3, 0.4) is 0 Å². The van der Waals surface area contributed by atoms with Crippen LogP contribution in [0.4, 0.5) is 22.7 Å². The monoisotopic (exact) mass is 354 g/mol. The minimum atomic E-state index is -0.757. The van der Waals surface area contributed by atoms with Gasteiger partial charge in [-0.25, -0.2) is 0 Å². The third kappa shape index (κ3) is 3.49. The molecule has 0 unspecified atom stereocenters. The highest BCUT2D eigenvalue weighted by Crippen LogP contribution is 2.30. The van der Waals surface area contributed by atoms with Gasteiger partial charge in [0, 0.05) is 6.07 Å². The van der Waals surface area contributed by atoms with Crippen LogP contribution in [0, 0.1) is 24.0 Å². The van der Waals surface area contributed by atoms with E-state index in [4.69, 9.17) is 0 Å². The summed E-state index contributed by atoms with van der Waals surface area (Å²) in [5.41, 5.74) is 3.45. The molecule has 0 spiro atoms. The van der Waals surface area contributed by atoms with E-state index in [1.807, 2.05) is 26.0 Å². The summed E-state index contributed by atoms with van der Waals surface area (Å²) in [5, 5.41) is 19.4. The normalized spacial score (nSPS) is 15.5. The molecule has 1 heterocycles. The molecule has 1 aliphatic heterocycles. The van der Waals surface area contributed by atoms with Gasteiger partial charge in [0.2, 0.25) is 11.8 Å². The highest BCUT2D eigenvalue weighted by Gasteiger charge is 2.28. The lowest BCUT2D eigenvalue weighted by molar-refractivity contribution is -0.383. The molecular formula is C18H18N4O4. The van der Waals surface area contributed by atoms with Crippen molar-refractivity contribution >= 4 is 34.6 Å². The molecule has 0 radical (unpaired) electrons. The number of nitro benzene ring substituents is 1. The third-order valence-corrected chi connectivity index (χ3v) is 4.30. The zero-order valence-corrected chi connectivity index (χ0v) is 14.3. The summed E-state index contributed by atoms with van der Waals surface area (Å²) in [6, 6.07) is 8.90. The van der Waals surface area contributed by atoms with Crippen LogP contribution < -0.4 is 16.0 Å². The molecule has 2 amide bonds. The van der Waals surface area contributed by atoms with Crippen molar-refractivity contribution in [2.45, 2.75) is 26.3 Å². The number of hydrogen-bond donors (Lipinski definition) is 3. The highest BCUT2D eigenvalue weighted by atomic mass is 16.6. The zero-order valence-electron chi connectivity index (χ0n) is 14.3. The van der Waals surface area contributed by atoms with Crippen LogP contribution in [0.1, 0.15) is 17.5 Å². The fraction of sp³-hybridized carbons (Fsp3) is 0.222. The Bertz CT molecular complexity index is 910. The number of fused-ring (bicyclic) bond motifs is 1. The molecule has 8 heteroatoms. The number of nitro groups is 1. The molecule has 1 aliphatic rings. The predicted molar refractivity (Wildman–Crippen MR) is 98.3 cm³/mol. The Balaban J connectivity index is 1.73. The Hall–Kier alpha value is -3.42. The molecule has 3 rings (SSSR count). The molecule has 2 aromatic rings.